The zero-order chi connectivity index (χ0) is 25.4. The number of nitrogens with zero attached hydrogens (tertiary/aromatic N) is 5. The minimum atomic E-state index is -0.551. The van der Waals surface area contributed by atoms with E-state index in [4.69, 9.17) is 14.0 Å². The fraction of sp³-hybridized carbons (Fsp3) is 0.458. The number of aromatic nitrogens is 4. The first-order valence-corrected chi connectivity index (χ1v) is 11.5. The molecule has 0 amide bonds. The molecule has 1 fully saturated rings. The summed E-state index contributed by atoms with van der Waals surface area (Å²) in [6, 6.07) is 8.67. The van der Waals surface area contributed by atoms with Gasteiger partial charge in [0.1, 0.15) is 12.4 Å². The van der Waals surface area contributed by atoms with Crippen LogP contribution in [0.25, 0.3) is 11.4 Å². The van der Waals surface area contributed by atoms with Gasteiger partial charge in [0.2, 0.25) is 11.9 Å². The Morgan fingerprint density at radius 3 is 2.46 bits per heavy atom. The van der Waals surface area contributed by atoms with E-state index in [1.54, 1.807) is 17.8 Å². The van der Waals surface area contributed by atoms with Crippen molar-refractivity contribution in [2.45, 2.75) is 38.9 Å². The van der Waals surface area contributed by atoms with Gasteiger partial charge < -0.3 is 24.3 Å². The topological polar surface area (TPSA) is 86.6 Å². The van der Waals surface area contributed by atoms with E-state index < -0.39 is 24.3 Å². The lowest BCUT2D eigenvalue weighted by molar-refractivity contribution is 0.00578. The Morgan fingerprint density at radius 2 is 1.83 bits per heavy atom. The largest absolute Gasteiger partial charge is 0.494 e. The average Bonchev–Trinajstić information content (AvgIpc) is 3.24. The van der Waals surface area contributed by atoms with Crippen molar-refractivity contribution in [3.8, 4) is 17.1 Å². The standard InChI is InChI=1S/C24H32BFN6O3/c1-23(2)24(3,4)35-25(34-23)17-9-10-18(19(14-17)33-13-12-31(5)6)28-22-29-21(30-32(22)7)16-8-11-20(26)27-15-16/h8-11,14-15H,12-13H2,1-7H3,(H,28,29,30). The van der Waals surface area contributed by atoms with Crippen molar-refractivity contribution in [1.29, 1.82) is 0 Å². The number of pyridine rings is 1. The summed E-state index contributed by atoms with van der Waals surface area (Å²) in [4.78, 5) is 10.3. The second kappa shape index (κ2) is 9.56. The summed E-state index contributed by atoms with van der Waals surface area (Å²) >= 11 is 0. The molecule has 0 atom stereocenters. The average molecular weight is 482 g/mol. The Kier molecular flexibility index (Phi) is 6.85. The minimum Gasteiger partial charge on any atom is -0.490 e. The second-order valence-corrected chi connectivity index (χ2v) is 9.87. The smallest absolute Gasteiger partial charge is 0.490 e. The molecular formula is C24H32BFN6O3. The summed E-state index contributed by atoms with van der Waals surface area (Å²) in [6.45, 7) is 9.37. The summed E-state index contributed by atoms with van der Waals surface area (Å²) in [5.74, 6) is 1.04. The van der Waals surface area contributed by atoms with Crippen molar-refractivity contribution < 1.29 is 18.4 Å². The molecule has 1 saturated heterocycles. The quantitative estimate of drug-likeness (QED) is 0.388. The number of likely N-dealkylation sites (N-methyl/N-ethyl adjacent to an activating group) is 1. The van der Waals surface area contributed by atoms with E-state index in [2.05, 4.69) is 25.3 Å². The molecular weight excluding hydrogens is 450 g/mol. The maximum atomic E-state index is 13.2. The van der Waals surface area contributed by atoms with Crippen LogP contribution in [0.4, 0.5) is 16.0 Å². The fourth-order valence-corrected chi connectivity index (χ4v) is 3.47. The van der Waals surface area contributed by atoms with Gasteiger partial charge in [-0.15, -0.1) is 5.10 Å². The van der Waals surface area contributed by atoms with Crippen molar-refractivity contribution >= 4 is 24.2 Å². The number of hydrogen-bond donors (Lipinski definition) is 1. The maximum Gasteiger partial charge on any atom is 0.494 e. The monoisotopic (exact) mass is 482 g/mol. The van der Waals surface area contributed by atoms with E-state index in [1.165, 1.54) is 12.3 Å². The molecule has 35 heavy (non-hydrogen) atoms. The van der Waals surface area contributed by atoms with Crippen molar-refractivity contribution in [3.05, 3.63) is 42.5 Å². The Balaban J connectivity index is 1.61. The highest BCUT2D eigenvalue weighted by atomic mass is 19.1. The summed E-state index contributed by atoms with van der Waals surface area (Å²) in [5.41, 5.74) is 1.33. The highest BCUT2D eigenvalue weighted by Crippen LogP contribution is 2.37. The van der Waals surface area contributed by atoms with Crippen LogP contribution >= 0.6 is 0 Å². The number of rotatable bonds is 8. The number of benzene rings is 1. The lowest BCUT2D eigenvalue weighted by atomic mass is 9.79. The summed E-state index contributed by atoms with van der Waals surface area (Å²) in [5, 5.41) is 7.73. The van der Waals surface area contributed by atoms with Gasteiger partial charge in [-0.3, -0.25) is 0 Å². The fourth-order valence-electron chi connectivity index (χ4n) is 3.47. The maximum absolute atomic E-state index is 13.2. The van der Waals surface area contributed by atoms with Gasteiger partial charge in [0.25, 0.3) is 0 Å². The van der Waals surface area contributed by atoms with E-state index in [9.17, 15) is 4.39 Å². The predicted molar refractivity (Wildman–Crippen MR) is 134 cm³/mol. The number of ether oxygens (including phenoxy) is 1. The van der Waals surface area contributed by atoms with Crippen molar-refractivity contribution in [3.63, 3.8) is 0 Å². The van der Waals surface area contributed by atoms with Gasteiger partial charge in [-0.25, -0.2) is 9.67 Å². The van der Waals surface area contributed by atoms with Crippen molar-refractivity contribution in [2.75, 3.05) is 32.6 Å². The SMILES string of the molecule is CN(C)CCOc1cc(B2OC(C)(C)C(C)(C)O2)ccc1Nc1nc(-c2ccc(F)nc2)nn1C. The van der Waals surface area contributed by atoms with E-state index in [-0.39, 0.29) is 0 Å². The molecule has 4 rings (SSSR count). The van der Waals surface area contributed by atoms with E-state index >= 15 is 0 Å². The van der Waals surface area contributed by atoms with Crippen LogP contribution in [0.1, 0.15) is 27.7 Å². The zero-order valence-corrected chi connectivity index (χ0v) is 21.3. The van der Waals surface area contributed by atoms with Crippen LogP contribution in [0.3, 0.4) is 0 Å². The zero-order valence-electron chi connectivity index (χ0n) is 21.3. The molecule has 3 heterocycles. The molecule has 2 aromatic heterocycles. The number of halogens is 1. The van der Waals surface area contributed by atoms with Gasteiger partial charge in [-0.1, -0.05) is 6.07 Å². The molecule has 1 N–H and O–H groups in total. The minimum absolute atomic E-state index is 0.436. The van der Waals surface area contributed by atoms with Crippen molar-refractivity contribution in [2.24, 2.45) is 7.05 Å². The number of anilines is 2. The van der Waals surface area contributed by atoms with Gasteiger partial charge in [-0.2, -0.15) is 9.37 Å². The lowest BCUT2D eigenvalue weighted by Crippen LogP contribution is -2.41. The number of hydrogen-bond acceptors (Lipinski definition) is 8. The van der Waals surface area contributed by atoms with Crippen LogP contribution in [-0.4, -0.2) is 70.2 Å². The first-order valence-electron chi connectivity index (χ1n) is 11.5. The Morgan fingerprint density at radius 1 is 1.11 bits per heavy atom. The molecule has 3 aromatic rings. The van der Waals surface area contributed by atoms with Crippen molar-refractivity contribution in [1.82, 2.24) is 24.6 Å². The molecule has 9 nitrogen and oxygen atoms in total. The normalized spacial score (nSPS) is 16.7. The predicted octanol–water partition coefficient (Wildman–Crippen LogP) is 3.00. The molecule has 1 aromatic carbocycles. The Bertz CT molecular complexity index is 1170. The van der Waals surface area contributed by atoms with Gasteiger partial charge >= 0.3 is 7.12 Å². The summed E-state index contributed by atoms with van der Waals surface area (Å²) < 4.78 is 33.4. The van der Waals surface area contributed by atoms with Crippen LogP contribution in [0.5, 0.6) is 5.75 Å². The van der Waals surface area contributed by atoms with Gasteiger partial charge in [0, 0.05) is 25.4 Å². The van der Waals surface area contributed by atoms with E-state index in [0.29, 0.717) is 29.7 Å². The lowest BCUT2D eigenvalue weighted by Gasteiger charge is -2.32. The molecule has 0 saturated carbocycles. The molecule has 0 unspecified atom stereocenters. The molecule has 0 aliphatic carbocycles. The summed E-state index contributed by atoms with van der Waals surface area (Å²) in [7, 11) is 5.27. The van der Waals surface area contributed by atoms with Crippen LogP contribution in [0, 0.1) is 5.95 Å². The molecule has 11 heteroatoms. The highest BCUT2D eigenvalue weighted by molar-refractivity contribution is 6.62. The van der Waals surface area contributed by atoms with Crippen LogP contribution < -0.4 is 15.5 Å². The second-order valence-electron chi connectivity index (χ2n) is 9.87. The Hall–Kier alpha value is -3.02. The molecule has 0 spiro atoms. The molecule has 186 valence electrons. The van der Waals surface area contributed by atoms with E-state index in [1.807, 2.05) is 60.0 Å². The summed E-state index contributed by atoms with van der Waals surface area (Å²) in [6.07, 6.45) is 1.41. The van der Waals surface area contributed by atoms with Crippen LogP contribution in [0.15, 0.2) is 36.5 Å². The molecule has 1 aliphatic heterocycles. The van der Waals surface area contributed by atoms with Gasteiger partial charge in [0.15, 0.2) is 5.82 Å². The molecule has 0 bridgehead atoms. The first kappa shape index (κ1) is 25.1. The van der Waals surface area contributed by atoms with Crippen LogP contribution in [0.2, 0.25) is 0 Å². The number of aryl methyl sites for hydroxylation is 1. The van der Waals surface area contributed by atoms with Crippen LogP contribution in [-0.2, 0) is 16.4 Å². The highest BCUT2D eigenvalue weighted by Gasteiger charge is 2.51. The third-order valence-electron chi connectivity index (χ3n) is 6.32. The molecule has 0 radical (unpaired) electrons. The van der Waals surface area contributed by atoms with Gasteiger partial charge in [0.05, 0.1) is 16.9 Å². The first-order chi connectivity index (χ1) is 16.4. The Labute approximate surface area is 205 Å². The third kappa shape index (κ3) is 5.47. The van der Waals surface area contributed by atoms with Gasteiger partial charge in [-0.05, 0) is 71.5 Å². The number of nitrogens with one attached hydrogen (secondary N) is 1. The third-order valence-corrected chi connectivity index (χ3v) is 6.32. The molecule has 1 aliphatic rings. The van der Waals surface area contributed by atoms with E-state index in [0.717, 1.165) is 17.7 Å².